The highest BCUT2D eigenvalue weighted by Crippen LogP contribution is 2.29. The number of rotatable bonds is 6. The van der Waals surface area contributed by atoms with Crippen molar-refractivity contribution in [2.75, 3.05) is 0 Å². The van der Waals surface area contributed by atoms with E-state index in [2.05, 4.69) is 32.9 Å². The van der Waals surface area contributed by atoms with Crippen LogP contribution in [-0.2, 0) is 16.6 Å². The van der Waals surface area contributed by atoms with Crippen LogP contribution in [0.3, 0.4) is 0 Å². The Labute approximate surface area is 164 Å². The summed E-state index contributed by atoms with van der Waals surface area (Å²) in [4.78, 5) is 12.5. The molecule has 3 rings (SSSR count). The fourth-order valence-electron chi connectivity index (χ4n) is 2.89. The molecule has 1 heterocycles. The van der Waals surface area contributed by atoms with Gasteiger partial charge in [0.2, 0.25) is 0 Å². The molecule has 2 aromatic carbocycles. The third-order valence-corrected chi connectivity index (χ3v) is 5.49. The third-order valence-electron chi connectivity index (χ3n) is 4.50. The number of carbonyl (C=O) groups is 1. The van der Waals surface area contributed by atoms with Crippen LogP contribution in [0.4, 0.5) is 0 Å². The molecular formula is C23H24O3S. The minimum absolute atomic E-state index is 0.115. The molecule has 0 saturated carbocycles. The van der Waals surface area contributed by atoms with E-state index in [0.29, 0.717) is 6.42 Å². The number of hydrogen-bond acceptors (Lipinski definition) is 3. The van der Waals surface area contributed by atoms with Crippen LogP contribution in [-0.4, -0.2) is 11.1 Å². The standard InChI is InChI=1S/C23H24O3S/c1-23(2,3)17-8-12-19(13-9-17)26-18-10-6-16(7-11-18)15-20(22(24)25)21-5-4-14-27-21/h4-14,20H,15H2,1-3H3,(H,24,25). The van der Waals surface area contributed by atoms with E-state index >= 15 is 0 Å². The van der Waals surface area contributed by atoms with Crippen molar-refractivity contribution in [2.24, 2.45) is 0 Å². The van der Waals surface area contributed by atoms with Crippen LogP contribution >= 0.6 is 11.3 Å². The fourth-order valence-corrected chi connectivity index (χ4v) is 3.71. The van der Waals surface area contributed by atoms with Gasteiger partial charge in [-0.2, -0.15) is 0 Å². The average molecular weight is 381 g/mol. The molecule has 27 heavy (non-hydrogen) atoms. The molecule has 0 radical (unpaired) electrons. The van der Waals surface area contributed by atoms with Crippen molar-refractivity contribution in [2.45, 2.75) is 38.5 Å². The van der Waals surface area contributed by atoms with Gasteiger partial charge in [-0.1, -0.05) is 51.1 Å². The van der Waals surface area contributed by atoms with Crippen molar-refractivity contribution in [3.05, 3.63) is 82.0 Å². The van der Waals surface area contributed by atoms with Crippen LogP contribution in [0, 0.1) is 0 Å². The monoisotopic (exact) mass is 380 g/mol. The molecular weight excluding hydrogens is 356 g/mol. The molecule has 3 nitrogen and oxygen atoms in total. The molecule has 0 aliphatic heterocycles. The first-order valence-corrected chi connectivity index (χ1v) is 9.84. The SMILES string of the molecule is CC(C)(C)c1ccc(Oc2ccc(CC(C(=O)O)c3cccs3)cc2)cc1. The quantitative estimate of drug-likeness (QED) is 0.550. The average Bonchev–Trinajstić information content (AvgIpc) is 3.15. The molecule has 0 aliphatic carbocycles. The molecule has 3 aromatic rings. The zero-order valence-corrected chi connectivity index (χ0v) is 16.6. The Hall–Kier alpha value is -2.59. The van der Waals surface area contributed by atoms with Crippen molar-refractivity contribution in [3.8, 4) is 11.5 Å². The van der Waals surface area contributed by atoms with Gasteiger partial charge in [-0.05, 0) is 58.7 Å². The highest BCUT2D eigenvalue weighted by molar-refractivity contribution is 7.10. The van der Waals surface area contributed by atoms with Crippen LogP contribution < -0.4 is 4.74 Å². The molecule has 1 unspecified atom stereocenters. The van der Waals surface area contributed by atoms with Gasteiger partial charge in [0.25, 0.3) is 0 Å². The molecule has 0 bridgehead atoms. The molecule has 0 spiro atoms. The zero-order chi connectivity index (χ0) is 19.4. The van der Waals surface area contributed by atoms with Crippen LogP contribution in [0.2, 0.25) is 0 Å². The largest absolute Gasteiger partial charge is 0.481 e. The maximum atomic E-state index is 11.6. The Morgan fingerprint density at radius 2 is 1.59 bits per heavy atom. The number of aliphatic carboxylic acids is 1. The van der Waals surface area contributed by atoms with Gasteiger partial charge in [-0.25, -0.2) is 0 Å². The topological polar surface area (TPSA) is 46.5 Å². The lowest BCUT2D eigenvalue weighted by atomic mass is 9.87. The molecule has 4 heteroatoms. The summed E-state index contributed by atoms with van der Waals surface area (Å²) in [5.74, 6) is 0.224. The second kappa shape index (κ2) is 7.97. The Morgan fingerprint density at radius 1 is 1.00 bits per heavy atom. The summed E-state index contributed by atoms with van der Waals surface area (Å²) in [7, 11) is 0. The number of ether oxygens (including phenoxy) is 1. The van der Waals surface area contributed by atoms with E-state index in [4.69, 9.17) is 4.74 Å². The summed E-state index contributed by atoms with van der Waals surface area (Å²) in [5.41, 5.74) is 2.35. The summed E-state index contributed by atoms with van der Waals surface area (Å²) in [6, 6.07) is 19.5. The van der Waals surface area contributed by atoms with Gasteiger partial charge in [0, 0.05) is 4.88 Å². The fraction of sp³-hybridized carbons (Fsp3) is 0.261. The maximum Gasteiger partial charge on any atom is 0.312 e. The van der Waals surface area contributed by atoms with Crippen molar-refractivity contribution >= 4 is 17.3 Å². The predicted octanol–water partition coefficient (Wildman–Crippen LogP) is 6.25. The third kappa shape index (κ3) is 4.98. The molecule has 0 fully saturated rings. The van der Waals surface area contributed by atoms with Crippen molar-refractivity contribution in [1.82, 2.24) is 0 Å². The van der Waals surface area contributed by atoms with E-state index < -0.39 is 11.9 Å². The van der Waals surface area contributed by atoms with Crippen molar-refractivity contribution < 1.29 is 14.6 Å². The molecule has 140 valence electrons. The summed E-state index contributed by atoms with van der Waals surface area (Å²) in [6.45, 7) is 6.55. The van der Waals surface area contributed by atoms with E-state index in [1.165, 1.54) is 16.9 Å². The molecule has 0 amide bonds. The van der Waals surface area contributed by atoms with Crippen LogP contribution in [0.1, 0.15) is 42.7 Å². The van der Waals surface area contributed by atoms with Gasteiger partial charge in [0.05, 0.1) is 5.92 Å². The van der Waals surface area contributed by atoms with Gasteiger partial charge < -0.3 is 9.84 Å². The first kappa shape index (κ1) is 19.2. The van der Waals surface area contributed by atoms with E-state index in [9.17, 15) is 9.90 Å². The minimum Gasteiger partial charge on any atom is -0.481 e. The summed E-state index contributed by atoms with van der Waals surface area (Å²) in [5, 5.41) is 11.4. The van der Waals surface area contributed by atoms with Gasteiger partial charge in [0.15, 0.2) is 0 Å². The van der Waals surface area contributed by atoms with E-state index in [-0.39, 0.29) is 5.41 Å². The van der Waals surface area contributed by atoms with E-state index in [1.807, 2.05) is 53.9 Å². The van der Waals surface area contributed by atoms with Gasteiger partial charge in [-0.3, -0.25) is 4.79 Å². The Balaban J connectivity index is 1.67. The van der Waals surface area contributed by atoms with E-state index in [0.717, 1.165) is 21.9 Å². The maximum absolute atomic E-state index is 11.6. The normalized spacial score (nSPS) is 12.6. The molecule has 1 aromatic heterocycles. The van der Waals surface area contributed by atoms with Crippen molar-refractivity contribution in [3.63, 3.8) is 0 Å². The lowest BCUT2D eigenvalue weighted by Gasteiger charge is -2.19. The molecule has 1 atom stereocenters. The highest BCUT2D eigenvalue weighted by Gasteiger charge is 2.21. The summed E-state index contributed by atoms with van der Waals surface area (Å²) in [6.07, 6.45) is 0.469. The lowest BCUT2D eigenvalue weighted by Crippen LogP contribution is -2.13. The van der Waals surface area contributed by atoms with Crippen LogP contribution in [0.5, 0.6) is 11.5 Å². The van der Waals surface area contributed by atoms with Crippen LogP contribution in [0.15, 0.2) is 66.0 Å². The Morgan fingerprint density at radius 3 is 2.07 bits per heavy atom. The van der Waals surface area contributed by atoms with Gasteiger partial charge in [0.1, 0.15) is 11.5 Å². The van der Waals surface area contributed by atoms with Crippen molar-refractivity contribution in [1.29, 1.82) is 0 Å². The summed E-state index contributed by atoms with van der Waals surface area (Å²) >= 11 is 1.48. The first-order valence-electron chi connectivity index (χ1n) is 8.96. The second-order valence-corrected chi connectivity index (χ2v) is 8.61. The lowest BCUT2D eigenvalue weighted by molar-refractivity contribution is -0.138. The van der Waals surface area contributed by atoms with Gasteiger partial charge >= 0.3 is 5.97 Å². The van der Waals surface area contributed by atoms with E-state index in [1.54, 1.807) is 0 Å². The molecule has 1 N–H and O–H groups in total. The van der Waals surface area contributed by atoms with Gasteiger partial charge in [-0.15, -0.1) is 11.3 Å². The molecule has 0 saturated heterocycles. The minimum atomic E-state index is -0.795. The number of carboxylic acids is 1. The Bertz CT molecular complexity index is 873. The molecule has 0 aliphatic rings. The number of hydrogen-bond donors (Lipinski definition) is 1. The summed E-state index contributed by atoms with van der Waals surface area (Å²) < 4.78 is 5.91. The number of thiophene rings is 1. The smallest absolute Gasteiger partial charge is 0.312 e. The number of benzene rings is 2. The predicted molar refractivity (Wildman–Crippen MR) is 110 cm³/mol. The second-order valence-electron chi connectivity index (χ2n) is 7.63. The Kier molecular flexibility index (Phi) is 5.66. The number of carboxylic acid groups (broad SMARTS) is 1. The highest BCUT2D eigenvalue weighted by atomic mass is 32.1. The van der Waals surface area contributed by atoms with Crippen LogP contribution in [0.25, 0.3) is 0 Å². The first-order chi connectivity index (χ1) is 12.8. The zero-order valence-electron chi connectivity index (χ0n) is 15.8.